The van der Waals surface area contributed by atoms with Crippen LogP contribution in [0, 0.1) is 6.92 Å². The van der Waals surface area contributed by atoms with Gasteiger partial charge >= 0.3 is 0 Å². The van der Waals surface area contributed by atoms with Gasteiger partial charge in [0.15, 0.2) is 0 Å². The summed E-state index contributed by atoms with van der Waals surface area (Å²) in [4.78, 5) is 12.8. The highest BCUT2D eigenvalue weighted by molar-refractivity contribution is 7.89. The summed E-state index contributed by atoms with van der Waals surface area (Å²) in [6, 6.07) is 9.46. The van der Waals surface area contributed by atoms with Crippen molar-refractivity contribution < 1.29 is 13.2 Å². The van der Waals surface area contributed by atoms with E-state index in [1.54, 1.807) is 37.3 Å². The first-order valence-corrected chi connectivity index (χ1v) is 10.9. The SMILES string of the molecule is Cc1ccc(C(=O)Nc2ccc(Cl)c(Cl)c2)cc1S(=O)(=O)N1CCCCC1. The van der Waals surface area contributed by atoms with Gasteiger partial charge in [0, 0.05) is 24.3 Å². The fourth-order valence-corrected chi connectivity index (χ4v) is 5.11. The summed E-state index contributed by atoms with van der Waals surface area (Å²) in [5.74, 6) is -0.413. The number of carbonyl (C=O) groups is 1. The van der Waals surface area contributed by atoms with E-state index in [2.05, 4.69) is 5.32 Å². The van der Waals surface area contributed by atoms with Crippen LogP contribution in [0.15, 0.2) is 41.3 Å². The lowest BCUT2D eigenvalue weighted by Crippen LogP contribution is -2.36. The second-order valence-corrected chi connectivity index (χ2v) is 9.25. The third-order valence-electron chi connectivity index (χ3n) is 4.56. The number of nitrogens with zero attached hydrogens (tertiary/aromatic N) is 1. The van der Waals surface area contributed by atoms with E-state index in [-0.39, 0.29) is 10.5 Å². The third-order valence-corrected chi connectivity index (χ3v) is 7.34. The molecule has 1 N–H and O–H groups in total. The van der Waals surface area contributed by atoms with Crippen molar-refractivity contribution in [3.63, 3.8) is 0 Å². The van der Waals surface area contributed by atoms with Gasteiger partial charge in [0.2, 0.25) is 10.0 Å². The molecule has 0 aromatic heterocycles. The molecular weight excluding hydrogens is 407 g/mol. The number of rotatable bonds is 4. The summed E-state index contributed by atoms with van der Waals surface area (Å²) in [5.41, 5.74) is 1.37. The third kappa shape index (κ3) is 4.46. The molecule has 1 saturated heterocycles. The van der Waals surface area contributed by atoms with Crippen LogP contribution in [0.5, 0.6) is 0 Å². The highest BCUT2D eigenvalue weighted by Crippen LogP contribution is 2.27. The number of piperidine rings is 1. The Morgan fingerprint density at radius 2 is 1.70 bits per heavy atom. The summed E-state index contributed by atoms with van der Waals surface area (Å²) in [7, 11) is -3.62. The molecule has 2 aromatic rings. The van der Waals surface area contributed by atoms with Crippen molar-refractivity contribution in [1.82, 2.24) is 4.31 Å². The number of benzene rings is 2. The molecule has 0 aliphatic carbocycles. The van der Waals surface area contributed by atoms with E-state index >= 15 is 0 Å². The molecule has 0 radical (unpaired) electrons. The molecule has 5 nitrogen and oxygen atoms in total. The number of halogens is 2. The minimum atomic E-state index is -3.62. The van der Waals surface area contributed by atoms with E-state index in [0.717, 1.165) is 19.3 Å². The number of aryl methyl sites for hydroxylation is 1. The monoisotopic (exact) mass is 426 g/mol. The van der Waals surface area contributed by atoms with Gasteiger partial charge in [-0.1, -0.05) is 35.7 Å². The Morgan fingerprint density at radius 1 is 1.00 bits per heavy atom. The molecule has 1 aliphatic heterocycles. The van der Waals surface area contributed by atoms with Crippen molar-refractivity contribution in [3.8, 4) is 0 Å². The van der Waals surface area contributed by atoms with Crippen molar-refractivity contribution in [3.05, 3.63) is 57.6 Å². The van der Waals surface area contributed by atoms with Gasteiger partial charge < -0.3 is 5.32 Å². The van der Waals surface area contributed by atoms with Gasteiger partial charge in [-0.05, 0) is 55.7 Å². The molecule has 0 spiro atoms. The number of nitrogens with one attached hydrogen (secondary N) is 1. The zero-order valence-corrected chi connectivity index (χ0v) is 17.2. The standard InChI is InChI=1S/C19H20Cl2N2O3S/c1-13-5-6-14(19(24)22-15-7-8-16(20)17(21)12-15)11-18(13)27(25,26)23-9-3-2-4-10-23/h5-8,11-12H,2-4,9-10H2,1H3,(H,22,24). The molecule has 0 bridgehead atoms. The maximum atomic E-state index is 13.0. The Kier molecular flexibility index (Phi) is 6.11. The topological polar surface area (TPSA) is 66.5 Å². The highest BCUT2D eigenvalue weighted by atomic mass is 35.5. The van der Waals surface area contributed by atoms with E-state index < -0.39 is 15.9 Å². The van der Waals surface area contributed by atoms with E-state index in [1.807, 2.05) is 0 Å². The van der Waals surface area contributed by atoms with Crippen LogP contribution < -0.4 is 5.32 Å². The van der Waals surface area contributed by atoms with Gasteiger partial charge in [-0.25, -0.2) is 8.42 Å². The molecule has 144 valence electrons. The van der Waals surface area contributed by atoms with Gasteiger partial charge in [0.25, 0.3) is 5.91 Å². The minimum Gasteiger partial charge on any atom is -0.322 e. The number of anilines is 1. The summed E-state index contributed by atoms with van der Waals surface area (Å²) in [5, 5.41) is 3.43. The molecule has 8 heteroatoms. The zero-order chi connectivity index (χ0) is 19.6. The van der Waals surface area contributed by atoms with Crippen molar-refractivity contribution in [2.75, 3.05) is 18.4 Å². The van der Waals surface area contributed by atoms with Crippen LogP contribution in [0.2, 0.25) is 10.0 Å². The van der Waals surface area contributed by atoms with Crippen molar-refractivity contribution in [2.45, 2.75) is 31.1 Å². The van der Waals surface area contributed by atoms with E-state index in [1.165, 1.54) is 10.4 Å². The molecule has 3 rings (SSSR count). The predicted molar refractivity (Wildman–Crippen MR) is 108 cm³/mol. The zero-order valence-electron chi connectivity index (χ0n) is 14.8. The molecule has 0 atom stereocenters. The first kappa shape index (κ1) is 20.1. The van der Waals surface area contributed by atoms with Gasteiger partial charge in [0.1, 0.15) is 0 Å². The van der Waals surface area contributed by atoms with Crippen LogP contribution in [0.3, 0.4) is 0 Å². The van der Waals surface area contributed by atoms with Crippen LogP contribution in [-0.4, -0.2) is 31.7 Å². The first-order chi connectivity index (χ1) is 12.8. The lowest BCUT2D eigenvalue weighted by molar-refractivity contribution is 0.102. The largest absolute Gasteiger partial charge is 0.322 e. The van der Waals surface area contributed by atoms with Crippen LogP contribution in [0.25, 0.3) is 0 Å². The van der Waals surface area contributed by atoms with Gasteiger partial charge in [-0.15, -0.1) is 0 Å². The maximum absolute atomic E-state index is 13.0. The Morgan fingerprint density at radius 3 is 2.37 bits per heavy atom. The van der Waals surface area contributed by atoms with E-state index in [0.29, 0.717) is 34.4 Å². The first-order valence-electron chi connectivity index (χ1n) is 8.66. The number of hydrogen-bond donors (Lipinski definition) is 1. The summed E-state index contributed by atoms with van der Waals surface area (Å²) in [6.45, 7) is 2.76. The minimum absolute atomic E-state index is 0.172. The number of amides is 1. The second-order valence-electron chi connectivity index (χ2n) is 6.53. The van der Waals surface area contributed by atoms with Gasteiger partial charge in [-0.2, -0.15) is 4.31 Å². The molecule has 1 heterocycles. The molecule has 1 amide bonds. The fourth-order valence-electron chi connectivity index (χ4n) is 3.04. The van der Waals surface area contributed by atoms with Gasteiger partial charge in [-0.3, -0.25) is 4.79 Å². The molecule has 1 aliphatic rings. The predicted octanol–water partition coefficient (Wildman–Crippen LogP) is 4.73. The Bertz CT molecular complexity index is 971. The number of sulfonamides is 1. The number of carbonyl (C=O) groups excluding carboxylic acids is 1. The average molecular weight is 427 g/mol. The lowest BCUT2D eigenvalue weighted by atomic mass is 10.1. The van der Waals surface area contributed by atoms with Crippen LogP contribution in [-0.2, 0) is 10.0 Å². The average Bonchev–Trinajstić information content (AvgIpc) is 2.65. The normalized spacial score (nSPS) is 15.5. The van der Waals surface area contributed by atoms with E-state index in [4.69, 9.17) is 23.2 Å². The quantitative estimate of drug-likeness (QED) is 0.767. The molecule has 27 heavy (non-hydrogen) atoms. The van der Waals surface area contributed by atoms with Crippen LogP contribution in [0.1, 0.15) is 35.2 Å². The fraction of sp³-hybridized carbons (Fsp3) is 0.316. The van der Waals surface area contributed by atoms with Crippen molar-refractivity contribution >= 4 is 44.8 Å². The lowest BCUT2D eigenvalue weighted by Gasteiger charge is -2.26. The Hall–Kier alpha value is -1.60. The molecule has 0 saturated carbocycles. The summed E-state index contributed by atoms with van der Waals surface area (Å²) >= 11 is 11.8. The number of hydrogen-bond acceptors (Lipinski definition) is 3. The van der Waals surface area contributed by atoms with Crippen molar-refractivity contribution in [1.29, 1.82) is 0 Å². The van der Waals surface area contributed by atoms with Crippen molar-refractivity contribution in [2.24, 2.45) is 0 Å². The highest BCUT2D eigenvalue weighted by Gasteiger charge is 2.28. The Balaban J connectivity index is 1.88. The molecule has 1 fully saturated rings. The van der Waals surface area contributed by atoms with Gasteiger partial charge in [0.05, 0.1) is 14.9 Å². The maximum Gasteiger partial charge on any atom is 0.255 e. The summed E-state index contributed by atoms with van der Waals surface area (Å²) in [6.07, 6.45) is 2.75. The second kappa shape index (κ2) is 8.19. The summed E-state index contributed by atoms with van der Waals surface area (Å²) < 4.78 is 27.5. The molecule has 0 unspecified atom stereocenters. The van der Waals surface area contributed by atoms with Crippen LogP contribution >= 0.6 is 23.2 Å². The Labute approximate surface area is 169 Å². The molecule has 2 aromatic carbocycles. The smallest absolute Gasteiger partial charge is 0.255 e. The van der Waals surface area contributed by atoms with Crippen LogP contribution in [0.4, 0.5) is 5.69 Å². The molecular formula is C19H20Cl2N2O3S. The van der Waals surface area contributed by atoms with E-state index in [9.17, 15) is 13.2 Å².